The highest BCUT2D eigenvalue weighted by molar-refractivity contribution is 5.86. The van der Waals surface area contributed by atoms with Crippen molar-refractivity contribution in [2.75, 3.05) is 0 Å². The Morgan fingerprint density at radius 2 is 2.07 bits per heavy atom. The first-order valence-electron chi connectivity index (χ1n) is 8.11. The van der Waals surface area contributed by atoms with Crippen LogP contribution >= 0.6 is 0 Å². The van der Waals surface area contributed by atoms with Gasteiger partial charge < -0.3 is 9.67 Å². The van der Waals surface area contributed by atoms with Gasteiger partial charge in [0.1, 0.15) is 17.9 Å². The second kappa shape index (κ2) is 7.38. The minimum Gasteiger partial charge on any atom is -0.507 e. The Morgan fingerprint density at radius 1 is 1.34 bits per heavy atom. The summed E-state index contributed by atoms with van der Waals surface area (Å²) in [5.74, 6) is -0.862. The average Bonchev–Trinajstić information content (AvgIpc) is 3.09. The van der Waals surface area contributed by atoms with Gasteiger partial charge in [-0.2, -0.15) is 5.10 Å². The van der Waals surface area contributed by atoms with Gasteiger partial charge in [-0.25, -0.2) is 15.2 Å². The van der Waals surface area contributed by atoms with E-state index in [4.69, 9.17) is 0 Å². The van der Waals surface area contributed by atoms with Gasteiger partial charge in [0, 0.05) is 31.8 Å². The standard InChI is InChI=1S/C16H15N7O6/c1-20-14-13(15(26)21(2)16(20)27)17-8-22(14)7-12(25)19-18-6-9-5-10(23(28)29)3-4-11(9)24/h3-6,8,24H,7H2,1-2H3,(H,19,25). The summed E-state index contributed by atoms with van der Waals surface area (Å²) in [5, 5.41) is 24.2. The molecule has 2 aromatic heterocycles. The van der Waals surface area contributed by atoms with Crippen LogP contribution in [-0.4, -0.2) is 40.8 Å². The van der Waals surface area contributed by atoms with Gasteiger partial charge in [0.15, 0.2) is 5.52 Å². The van der Waals surface area contributed by atoms with Crippen molar-refractivity contribution in [3.05, 3.63) is 61.0 Å². The van der Waals surface area contributed by atoms with Crippen LogP contribution in [0.1, 0.15) is 5.56 Å². The van der Waals surface area contributed by atoms with Crippen molar-refractivity contribution in [2.45, 2.75) is 6.54 Å². The van der Waals surface area contributed by atoms with Crippen molar-refractivity contribution in [1.29, 1.82) is 0 Å². The molecule has 0 radical (unpaired) electrons. The van der Waals surface area contributed by atoms with Crippen LogP contribution in [0.3, 0.4) is 0 Å². The maximum Gasteiger partial charge on any atom is 0.332 e. The van der Waals surface area contributed by atoms with Crippen LogP contribution in [0.25, 0.3) is 11.2 Å². The third-order valence-electron chi connectivity index (χ3n) is 4.14. The molecule has 13 nitrogen and oxygen atoms in total. The fourth-order valence-corrected chi connectivity index (χ4v) is 2.68. The number of hydrogen-bond acceptors (Lipinski definition) is 8. The summed E-state index contributed by atoms with van der Waals surface area (Å²) in [6.45, 7) is -0.296. The number of hydrazone groups is 1. The lowest BCUT2D eigenvalue weighted by molar-refractivity contribution is -0.384. The molecule has 3 aromatic rings. The Morgan fingerprint density at radius 3 is 2.76 bits per heavy atom. The summed E-state index contributed by atoms with van der Waals surface area (Å²) in [4.78, 5) is 50.4. The van der Waals surface area contributed by atoms with Crippen LogP contribution in [0.5, 0.6) is 5.75 Å². The molecule has 0 aliphatic heterocycles. The molecule has 0 atom stereocenters. The zero-order valence-corrected chi connectivity index (χ0v) is 15.3. The number of amides is 1. The molecule has 0 bridgehead atoms. The molecule has 13 heteroatoms. The van der Waals surface area contributed by atoms with Gasteiger partial charge in [-0.1, -0.05) is 0 Å². The zero-order chi connectivity index (χ0) is 21.3. The van der Waals surface area contributed by atoms with E-state index in [1.807, 2.05) is 0 Å². The van der Waals surface area contributed by atoms with Crippen molar-refractivity contribution in [2.24, 2.45) is 19.2 Å². The summed E-state index contributed by atoms with van der Waals surface area (Å²) >= 11 is 0. The molecular weight excluding hydrogens is 386 g/mol. The number of benzene rings is 1. The van der Waals surface area contributed by atoms with E-state index in [9.17, 15) is 29.6 Å². The topological polar surface area (TPSA) is 167 Å². The molecule has 150 valence electrons. The van der Waals surface area contributed by atoms with Gasteiger partial charge in [0.05, 0.1) is 17.5 Å². The van der Waals surface area contributed by atoms with Gasteiger partial charge in [0.2, 0.25) is 0 Å². The number of carbonyl (C=O) groups is 1. The lowest BCUT2D eigenvalue weighted by Crippen LogP contribution is -2.37. The number of fused-ring (bicyclic) bond motifs is 1. The highest BCUT2D eigenvalue weighted by Crippen LogP contribution is 2.21. The Labute approximate surface area is 161 Å². The molecule has 0 aliphatic carbocycles. The number of nitrogens with one attached hydrogen (secondary N) is 1. The van der Waals surface area contributed by atoms with E-state index in [1.165, 1.54) is 29.6 Å². The van der Waals surface area contributed by atoms with Crippen LogP contribution in [-0.2, 0) is 25.4 Å². The molecular formula is C16H15N7O6. The second-order valence-electron chi connectivity index (χ2n) is 6.04. The summed E-state index contributed by atoms with van der Waals surface area (Å²) in [6, 6.07) is 3.36. The molecule has 29 heavy (non-hydrogen) atoms. The number of hydrogen-bond donors (Lipinski definition) is 2. The monoisotopic (exact) mass is 401 g/mol. The number of aryl methyl sites for hydroxylation is 1. The molecule has 0 saturated carbocycles. The molecule has 1 amide bonds. The van der Waals surface area contributed by atoms with Crippen molar-refractivity contribution >= 4 is 29.0 Å². The predicted molar refractivity (Wildman–Crippen MR) is 101 cm³/mol. The number of carbonyl (C=O) groups excluding carboxylic acids is 1. The van der Waals surface area contributed by atoms with Crippen LogP contribution in [0, 0.1) is 10.1 Å². The van der Waals surface area contributed by atoms with Crippen LogP contribution in [0.15, 0.2) is 39.2 Å². The van der Waals surface area contributed by atoms with E-state index in [1.54, 1.807) is 0 Å². The Balaban J connectivity index is 1.80. The number of imidazole rings is 1. The lowest BCUT2D eigenvalue weighted by atomic mass is 10.2. The largest absolute Gasteiger partial charge is 0.507 e. The molecule has 1 aromatic carbocycles. The van der Waals surface area contributed by atoms with Crippen LogP contribution in [0.2, 0.25) is 0 Å². The normalized spacial score (nSPS) is 11.2. The van der Waals surface area contributed by atoms with E-state index in [-0.39, 0.29) is 34.7 Å². The SMILES string of the molecule is Cn1c(=O)c2ncn(CC(=O)NN=Cc3cc([N+](=O)[O-])ccc3O)c2n(C)c1=O. The molecule has 2 N–H and O–H groups in total. The second-order valence-corrected chi connectivity index (χ2v) is 6.04. The minimum absolute atomic E-state index is 0.0346. The molecule has 0 fully saturated rings. The number of phenolic OH excluding ortho intramolecular Hbond substituents is 1. The number of phenols is 1. The average molecular weight is 401 g/mol. The summed E-state index contributed by atoms with van der Waals surface area (Å²) in [7, 11) is 2.78. The molecule has 0 saturated heterocycles. The van der Waals surface area contributed by atoms with Gasteiger partial charge >= 0.3 is 5.69 Å². The third kappa shape index (κ3) is 3.60. The number of nitro groups is 1. The first kappa shape index (κ1) is 19.5. The number of rotatable bonds is 5. The zero-order valence-electron chi connectivity index (χ0n) is 15.3. The molecule has 3 rings (SSSR count). The Hall–Kier alpha value is -4.29. The van der Waals surface area contributed by atoms with Gasteiger partial charge in [-0.15, -0.1) is 0 Å². The van der Waals surface area contributed by atoms with Crippen LogP contribution < -0.4 is 16.7 Å². The van der Waals surface area contributed by atoms with Crippen molar-refractivity contribution in [3.8, 4) is 5.75 Å². The summed E-state index contributed by atoms with van der Waals surface area (Å²) < 4.78 is 3.42. The highest BCUT2D eigenvalue weighted by Gasteiger charge is 2.15. The molecule has 0 spiro atoms. The summed E-state index contributed by atoms with van der Waals surface area (Å²) in [5.41, 5.74) is 1.05. The fourth-order valence-electron chi connectivity index (χ4n) is 2.68. The van der Waals surface area contributed by atoms with Crippen molar-refractivity contribution < 1.29 is 14.8 Å². The van der Waals surface area contributed by atoms with E-state index in [0.29, 0.717) is 0 Å². The van der Waals surface area contributed by atoms with Crippen molar-refractivity contribution in [1.82, 2.24) is 24.1 Å². The number of nitro benzene ring substituents is 1. The molecule has 0 unspecified atom stereocenters. The molecule has 0 aliphatic rings. The third-order valence-corrected chi connectivity index (χ3v) is 4.14. The number of nitrogens with zero attached hydrogens (tertiary/aromatic N) is 6. The van der Waals surface area contributed by atoms with E-state index >= 15 is 0 Å². The first-order valence-corrected chi connectivity index (χ1v) is 8.11. The van der Waals surface area contributed by atoms with Gasteiger partial charge in [0.25, 0.3) is 17.2 Å². The fraction of sp³-hybridized carbons (Fsp3) is 0.188. The summed E-state index contributed by atoms with van der Waals surface area (Å²) in [6.07, 6.45) is 2.30. The lowest BCUT2D eigenvalue weighted by Gasteiger charge is -2.07. The Bertz CT molecular complexity index is 1280. The number of aromatic hydroxyl groups is 1. The van der Waals surface area contributed by atoms with Gasteiger partial charge in [-0.05, 0) is 6.07 Å². The quantitative estimate of drug-likeness (QED) is 0.320. The maximum absolute atomic E-state index is 12.1. The highest BCUT2D eigenvalue weighted by atomic mass is 16.6. The smallest absolute Gasteiger partial charge is 0.332 e. The van der Waals surface area contributed by atoms with E-state index < -0.39 is 22.1 Å². The van der Waals surface area contributed by atoms with Gasteiger partial charge in [-0.3, -0.25) is 28.8 Å². The maximum atomic E-state index is 12.1. The predicted octanol–water partition coefficient (Wildman–Crippen LogP) is -0.802. The van der Waals surface area contributed by atoms with Crippen molar-refractivity contribution in [3.63, 3.8) is 0 Å². The minimum atomic E-state index is -0.631. The van der Waals surface area contributed by atoms with Crippen LogP contribution in [0.4, 0.5) is 5.69 Å². The first-order chi connectivity index (χ1) is 13.7. The number of aromatic nitrogens is 4. The molecule has 2 heterocycles. The Kier molecular flexibility index (Phi) is 4.95. The number of non-ortho nitro benzene ring substituents is 1. The van der Waals surface area contributed by atoms with E-state index in [0.717, 1.165) is 29.0 Å². The van der Waals surface area contributed by atoms with E-state index in [2.05, 4.69) is 15.5 Å².